The maximum Gasteiger partial charge on any atom is 0.230 e. The summed E-state index contributed by atoms with van der Waals surface area (Å²) < 4.78 is 6.47. The topological polar surface area (TPSA) is 29.5 Å². The van der Waals surface area contributed by atoms with E-state index < -0.39 is 0 Å². The summed E-state index contributed by atoms with van der Waals surface area (Å²) in [5.74, 6) is 0.847. The summed E-state index contributed by atoms with van der Waals surface area (Å²) in [6.07, 6.45) is 0.427. The average Bonchev–Trinajstić information content (AvgIpc) is 2.30. The number of anilines is 1. The molecule has 0 radical (unpaired) electrons. The number of carbonyl (C=O) groups excluding carboxylic acids is 1. The summed E-state index contributed by atoms with van der Waals surface area (Å²) in [6, 6.07) is 3.95. The summed E-state index contributed by atoms with van der Waals surface area (Å²) >= 11 is 3.45. The molecule has 4 heteroatoms. The molecule has 0 aliphatic carbocycles. The summed E-state index contributed by atoms with van der Waals surface area (Å²) in [6.45, 7) is 2.44. The molecule has 80 valence electrons. The number of halogens is 1. The predicted octanol–water partition coefficient (Wildman–Crippen LogP) is 2.50. The Bertz CT molecular complexity index is 417. The molecule has 0 N–H and O–H groups in total. The van der Waals surface area contributed by atoms with Gasteiger partial charge in [-0.05, 0) is 40.5 Å². The fourth-order valence-corrected chi connectivity index (χ4v) is 2.32. The van der Waals surface area contributed by atoms with E-state index in [1.165, 1.54) is 0 Å². The van der Waals surface area contributed by atoms with Crippen LogP contribution in [0.15, 0.2) is 16.6 Å². The number of hydrogen-bond donors (Lipinski definition) is 0. The second kappa shape index (κ2) is 3.85. The van der Waals surface area contributed by atoms with Crippen LogP contribution in [0, 0.1) is 6.92 Å². The summed E-state index contributed by atoms with van der Waals surface area (Å²) in [5.41, 5.74) is 1.94. The van der Waals surface area contributed by atoms with Crippen LogP contribution in [0.3, 0.4) is 0 Å². The maximum absolute atomic E-state index is 11.6. The van der Waals surface area contributed by atoms with Crippen LogP contribution < -0.4 is 9.64 Å². The third-order valence-electron chi connectivity index (χ3n) is 2.47. The number of benzene rings is 1. The highest BCUT2D eigenvalue weighted by atomic mass is 79.9. The van der Waals surface area contributed by atoms with E-state index >= 15 is 0 Å². The van der Waals surface area contributed by atoms with Gasteiger partial charge in [-0.3, -0.25) is 4.79 Å². The van der Waals surface area contributed by atoms with E-state index in [4.69, 9.17) is 4.74 Å². The van der Waals surface area contributed by atoms with Crippen LogP contribution in [0.25, 0.3) is 0 Å². The normalized spacial score (nSPS) is 15.7. The van der Waals surface area contributed by atoms with E-state index in [2.05, 4.69) is 15.9 Å². The van der Waals surface area contributed by atoms with Gasteiger partial charge in [-0.1, -0.05) is 0 Å². The summed E-state index contributed by atoms with van der Waals surface area (Å²) in [5, 5.41) is 0. The van der Waals surface area contributed by atoms with E-state index in [0.717, 1.165) is 21.5 Å². The molecule has 0 aromatic heterocycles. The molecule has 1 amide bonds. The highest BCUT2D eigenvalue weighted by molar-refractivity contribution is 9.10. The molecular weight excluding hydrogens is 258 g/mol. The Morgan fingerprint density at radius 3 is 2.93 bits per heavy atom. The first-order valence-corrected chi connectivity index (χ1v) is 5.58. The molecule has 1 aromatic rings. The quantitative estimate of drug-likeness (QED) is 0.725. The first kappa shape index (κ1) is 10.5. The van der Waals surface area contributed by atoms with E-state index in [9.17, 15) is 4.79 Å². The Kier molecular flexibility index (Phi) is 2.69. The second-order valence-corrected chi connectivity index (χ2v) is 4.50. The molecule has 15 heavy (non-hydrogen) atoms. The number of fused-ring (bicyclic) bond motifs is 1. The van der Waals surface area contributed by atoms with Gasteiger partial charge in [0.2, 0.25) is 5.91 Å². The zero-order valence-electron chi connectivity index (χ0n) is 8.71. The molecule has 0 atom stereocenters. The first-order valence-electron chi connectivity index (χ1n) is 4.79. The summed E-state index contributed by atoms with van der Waals surface area (Å²) in [7, 11) is 1.78. The molecule has 0 spiro atoms. The predicted molar refractivity (Wildman–Crippen MR) is 62.4 cm³/mol. The van der Waals surface area contributed by atoms with Gasteiger partial charge < -0.3 is 9.64 Å². The number of amides is 1. The molecule has 1 aliphatic heterocycles. The molecular formula is C11H12BrNO2. The van der Waals surface area contributed by atoms with E-state index in [-0.39, 0.29) is 5.91 Å². The van der Waals surface area contributed by atoms with Crippen molar-refractivity contribution in [3.63, 3.8) is 0 Å². The minimum atomic E-state index is 0.0891. The molecule has 2 rings (SSSR count). The van der Waals surface area contributed by atoms with Crippen LogP contribution in [0.1, 0.15) is 12.0 Å². The Morgan fingerprint density at radius 2 is 2.20 bits per heavy atom. The van der Waals surface area contributed by atoms with Gasteiger partial charge in [0.25, 0.3) is 0 Å². The van der Waals surface area contributed by atoms with Gasteiger partial charge in [-0.15, -0.1) is 0 Å². The average molecular weight is 270 g/mol. The molecule has 1 aromatic carbocycles. The Hall–Kier alpha value is -1.03. The standard InChI is InChI=1S/C11H12BrNO2/c1-7-5-8(12)11-9(6-7)13(2)10(14)3-4-15-11/h5-6H,3-4H2,1-2H3. The third kappa shape index (κ3) is 1.86. The van der Waals surface area contributed by atoms with E-state index in [1.54, 1.807) is 11.9 Å². The SMILES string of the molecule is Cc1cc(Br)c2c(c1)N(C)C(=O)CCO2. The van der Waals surface area contributed by atoms with Gasteiger partial charge in [0, 0.05) is 7.05 Å². The van der Waals surface area contributed by atoms with Gasteiger partial charge >= 0.3 is 0 Å². The number of carbonyl (C=O) groups is 1. The lowest BCUT2D eigenvalue weighted by atomic mass is 10.2. The minimum absolute atomic E-state index is 0.0891. The molecule has 0 saturated carbocycles. The van der Waals surface area contributed by atoms with Crippen molar-refractivity contribution in [3.05, 3.63) is 22.2 Å². The van der Waals surface area contributed by atoms with Gasteiger partial charge in [0.15, 0.2) is 5.75 Å². The van der Waals surface area contributed by atoms with Gasteiger partial charge in [-0.2, -0.15) is 0 Å². The molecule has 0 unspecified atom stereocenters. The Labute approximate surface area is 97.2 Å². The first-order chi connectivity index (χ1) is 7.09. The van der Waals surface area contributed by atoms with Crippen LogP contribution in [0.2, 0.25) is 0 Å². The van der Waals surface area contributed by atoms with Gasteiger partial charge in [0.05, 0.1) is 23.2 Å². The van der Waals surface area contributed by atoms with Crippen molar-refractivity contribution in [2.75, 3.05) is 18.6 Å². The van der Waals surface area contributed by atoms with Crippen molar-refractivity contribution in [1.29, 1.82) is 0 Å². The molecule has 0 saturated heterocycles. The third-order valence-corrected chi connectivity index (χ3v) is 3.06. The number of hydrogen-bond acceptors (Lipinski definition) is 2. The Morgan fingerprint density at radius 1 is 1.47 bits per heavy atom. The van der Waals surface area contributed by atoms with Gasteiger partial charge in [-0.25, -0.2) is 0 Å². The maximum atomic E-state index is 11.6. The zero-order valence-corrected chi connectivity index (χ0v) is 10.3. The highest BCUT2D eigenvalue weighted by Crippen LogP contribution is 2.38. The molecule has 1 heterocycles. The molecule has 0 fully saturated rings. The number of ether oxygens (including phenoxy) is 1. The lowest BCUT2D eigenvalue weighted by Crippen LogP contribution is -2.25. The summed E-state index contributed by atoms with van der Waals surface area (Å²) in [4.78, 5) is 13.3. The Balaban J connectivity index is 2.58. The fraction of sp³-hybridized carbons (Fsp3) is 0.364. The molecule has 1 aliphatic rings. The number of aryl methyl sites for hydroxylation is 1. The van der Waals surface area contributed by atoms with Crippen molar-refractivity contribution in [1.82, 2.24) is 0 Å². The molecule has 3 nitrogen and oxygen atoms in total. The van der Waals surface area contributed by atoms with Crippen molar-refractivity contribution >= 4 is 27.5 Å². The van der Waals surface area contributed by atoms with Crippen molar-refractivity contribution in [3.8, 4) is 5.75 Å². The highest BCUT2D eigenvalue weighted by Gasteiger charge is 2.21. The van der Waals surface area contributed by atoms with Crippen LogP contribution in [-0.4, -0.2) is 19.6 Å². The fourth-order valence-electron chi connectivity index (χ4n) is 1.65. The van der Waals surface area contributed by atoms with Gasteiger partial charge in [0.1, 0.15) is 0 Å². The lowest BCUT2D eigenvalue weighted by Gasteiger charge is -2.17. The van der Waals surface area contributed by atoms with Crippen molar-refractivity contribution in [2.24, 2.45) is 0 Å². The minimum Gasteiger partial charge on any atom is -0.490 e. The largest absolute Gasteiger partial charge is 0.490 e. The van der Waals surface area contributed by atoms with Crippen molar-refractivity contribution in [2.45, 2.75) is 13.3 Å². The second-order valence-electron chi connectivity index (χ2n) is 3.65. The van der Waals surface area contributed by atoms with Crippen molar-refractivity contribution < 1.29 is 9.53 Å². The lowest BCUT2D eigenvalue weighted by molar-refractivity contribution is -0.118. The van der Waals surface area contributed by atoms with E-state index in [1.807, 2.05) is 19.1 Å². The molecule has 0 bridgehead atoms. The zero-order chi connectivity index (χ0) is 11.0. The van der Waals surface area contributed by atoms with Crippen LogP contribution in [-0.2, 0) is 4.79 Å². The van der Waals surface area contributed by atoms with Crippen LogP contribution in [0.4, 0.5) is 5.69 Å². The van der Waals surface area contributed by atoms with Crippen LogP contribution in [0.5, 0.6) is 5.75 Å². The number of rotatable bonds is 0. The number of nitrogens with zero attached hydrogens (tertiary/aromatic N) is 1. The monoisotopic (exact) mass is 269 g/mol. The smallest absolute Gasteiger partial charge is 0.230 e. The van der Waals surface area contributed by atoms with Crippen LogP contribution >= 0.6 is 15.9 Å². The van der Waals surface area contributed by atoms with E-state index in [0.29, 0.717) is 13.0 Å².